The van der Waals surface area contributed by atoms with E-state index in [9.17, 15) is 0 Å². The van der Waals surface area contributed by atoms with Crippen LogP contribution in [0.25, 0.3) is 11.1 Å². The van der Waals surface area contributed by atoms with Gasteiger partial charge in [-0.2, -0.15) is 0 Å². The van der Waals surface area contributed by atoms with Crippen LogP contribution in [-0.4, -0.2) is 0 Å². The highest BCUT2D eigenvalue weighted by Crippen LogP contribution is 2.57. The van der Waals surface area contributed by atoms with Crippen molar-refractivity contribution in [3.8, 4) is 11.1 Å². The summed E-state index contributed by atoms with van der Waals surface area (Å²) in [7, 11) is 0. The van der Waals surface area contributed by atoms with Gasteiger partial charge in [-0.3, -0.25) is 0 Å². The lowest BCUT2D eigenvalue weighted by Crippen LogP contribution is -2.26. The molecule has 2 aromatic carbocycles. The lowest BCUT2D eigenvalue weighted by Gasteiger charge is -2.43. The summed E-state index contributed by atoms with van der Waals surface area (Å²) in [5.74, 6) is 3.13. The van der Waals surface area contributed by atoms with Crippen LogP contribution in [0.4, 0.5) is 0 Å². The monoisotopic (exact) mass is 358 g/mol. The summed E-state index contributed by atoms with van der Waals surface area (Å²) in [6, 6.07) is 12.2. The van der Waals surface area contributed by atoms with Gasteiger partial charge < -0.3 is 0 Å². The minimum Gasteiger partial charge on any atom is -0.0654 e. The van der Waals surface area contributed by atoms with E-state index in [0.29, 0.717) is 0 Å². The van der Waals surface area contributed by atoms with E-state index in [-0.39, 0.29) is 0 Å². The Hall–Kier alpha value is -1.56. The van der Waals surface area contributed by atoms with Gasteiger partial charge in [0.05, 0.1) is 0 Å². The zero-order valence-corrected chi connectivity index (χ0v) is 17.4. The molecule has 0 radical (unpaired) electrons. The number of fused-ring (bicyclic) bond motifs is 3. The maximum absolute atomic E-state index is 2.70. The van der Waals surface area contributed by atoms with Gasteiger partial charge in [-0.1, -0.05) is 56.2 Å². The summed E-state index contributed by atoms with van der Waals surface area (Å²) < 4.78 is 0. The predicted octanol–water partition coefficient (Wildman–Crippen LogP) is 8.20. The number of hydrogen-bond acceptors (Lipinski definition) is 0. The summed E-state index contributed by atoms with van der Waals surface area (Å²) in [6.45, 7) is 7.06. The van der Waals surface area contributed by atoms with Gasteiger partial charge in [0.1, 0.15) is 0 Å². The van der Waals surface area contributed by atoms with E-state index in [0.717, 1.165) is 23.7 Å². The second-order valence-corrected chi connectivity index (χ2v) is 9.64. The van der Waals surface area contributed by atoms with Crippen LogP contribution in [0.2, 0.25) is 0 Å². The first-order valence-electron chi connectivity index (χ1n) is 11.4. The molecular formula is C27H34. The second-order valence-electron chi connectivity index (χ2n) is 9.64. The molecule has 1 fully saturated rings. The Morgan fingerprint density at radius 2 is 1.52 bits per heavy atom. The average molecular weight is 359 g/mol. The van der Waals surface area contributed by atoms with Gasteiger partial charge in [-0.25, -0.2) is 0 Å². The van der Waals surface area contributed by atoms with Crippen LogP contribution in [0, 0.1) is 6.92 Å². The van der Waals surface area contributed by atoms with E-state index in [1.807, 2.05) is 0 Å². The molecule has 0 aliphatic heterocycles. The zero-order chi connectivity index (χ0) is 18.5. The van der Waals surface area contributed by atoms with Crippen LogP contribution in [-0.2, 0) is 0 Å². The smallest absolute Gasteiger partial charge is 0.0108 e. The number of hydrogen-bond donors (Lipinski definition) is 0. The fraction of sp³-hybridized carbons (Fsp3) is 0.556. The fourth-order valence-corrected chi connectivity index (χ4v) is 6.49. The molecule has 0 heterocycles. The van der Waals surface area contributed by atoms with Crippen LogP contribution in [0.5, 0.6) is 0 Å². The predicted molar refractivity (Wildman–Crippen MR) is 116 cm³/mol. The van der Waals surface area contributed by atoms with Crippen molar-refractivity contribution in [2.24, 2.45) is 0 Å². The van der Waals surface area contributed by atoms with Gasteiger partial charge in [0.25, 0.3) is 0 Å². The maximum atomic E-state index is 2.70. The van der Waals surface area contributed by atoms with Gasteiger partial charge in [0.2, 0.25) is 0 Å². The minimum atomic E-state index is 0.725. The van der Waals surface area contributed by atoms with E-state index in [4.69, 9.17) is 0 Å². The second kappa shape index (κ2) is 6.80. The van der Waals surface area contributed by atoms with Gasteiger partial charge >= 0.3 is 0 Å². The summed E-state index contributed by atoms with van der Waals surface area (Å²) in [5, 5.41) is 0. The molecule has 0 amide bonds. The number of aryl methyl sites for hydroxylation is 1. The highest BCUT2D eigenvalue weighted by molar-refractivity contribution is 5.77. The number of rotatable bonds is 3. The lowest BCUT2D eigenvalue weighted by atomic mass is 9.61. The van der Waals surface area contributed by atoms with Gasteiger partial charge in [0, 0.05) is 0 Å². The molecule has 2 unspecified atom stereocenters. The van der Waals surface area contributed by atoms with Crippen molar-refractivity contribution in [2.45, 2.75) is 95.8 Å². The highest BCUT2D eigenvalue weighted by Gasteiger charge is 2.39. The fourth-order valence-electron chi connectivity index (χ4n) is 6.49. The van der Waals surface area contributed by atoms with Crippen LogP contribution in [0.15, 0.2) is 30.3 Å². The normalized spacial score (nSPS) is 28.7. The molecule has 0 spiro atoms. The maximum Gasteiger partial charge on any atom is -0.0108 e. The Kier molecular flexibility index (Phi) is 4.42. The molecule has 0 saturated heterocycles. The quantitative estimate of drug-likeness (QED) is 0.518. The van der Waals surface area contributed by atoms with Crippen molar-refractivity contribution in [3.05, 3.63) is 58.1 Å². The van der Waals surface area contributed by atoms with Crippen LogP contribution >= 0.6 is 0 Å². The average Bonchev–Trinajstić information content (AvgIpc) is 2.70. The molecule has 0 aromatic heterocycles. The Morgan fingerprint density at radius 3 is 2.22 bits per heavy atom. The molecule has 2 aromatic rings. The summed E-state index contributed by atoms with van der Waals surface area (Å²) in [6.07, 6.45) is 11.1. The largest absolute Gasteiger partial charge is 0.0654 e. The van der Waals surface area contributed by atoms with Crippen LogP contribution < -0.4 is 0 Å². The van der Waals surface area contributed by atoms with Crippen molar-refractivity contribution < 1.29 is 0 Å². The van der Waals surface area contributed by atoms with Gasteiger partial charge in [-0.15, -0.1) is 0 Å². The Morgan fingerprint density at radius 1 is 0.815 bits per heavy atom. The Bertz CT molecular complexity index is 833. The zero-order valence-electron chi connectivity index (χ0n) is 17.4. The van der Waals surface area contributed by atoms with E-state index < -0.39 is 0 Å². The molecule has 2 atom stereocenters. The third-order valence-corrected chi connectivity index (χ3v) is 7.91. The van der Waals surface area contributed by atoms with E-state index in [2.05, 4.69) is 51.1 Å². The first kappa shape index (κ1) is 17.5. The minimum absolute atomic E-state index is 0.725. The van der Waals surface area contributed by atoms with Crippen molar-refractivity contribution in [1.82, 2.24) is 0 Å². The number of benzene rings is 2. The molecule has 0 heteroatoms. The molecule has 27 heavy (non-hydrogen) atoms. The summed E-state index contributed by atoms with van der Waals surface area (Å²) >= 11 is 0. The lowest BCUT2D eigenvalue weighted by molar-refractivity contribution is 0.357. The molecule has 1 saturated carbocycles. The molecule has 4 aliphatic carbocycles. The van der Waals surface area contributed by atoms with Crippen LogP contribution in [0.1, 0.15) is 117 Å². The van der Waals surface area contributed by atoms with Gasteiger partial charge in [0.15, 0.2) is 0 Å². The summed E-state index contributed by atoms with van der Waals surface area (Å²) in [4.78, 5) is 0. The topological polar surface area (TPSA) is 0 Å². The first-order valence-corrected chi connectivity index (χ1v) is 11.4. The molecule has 142 valence electrons. The Labute approximate surface area is 165 Å². The molecule has 4 aliphatic rings. The molecular weight excluding hydrogens is 324 g/mol. The van der Waals surface area contributed by atoms with Crippen molar-refractivity contribution >= 4 is 0 Å². The molecule has 0 N–H and O–H groups in total. The molecule has 0 nitrogen and oxygen atoms in total. The van der Waals surface area contributed by atoms with Gasteiger partial charge in [-0.05, 0) is 109 Å². The van der Waals surface area contributed by atoms with Crippen molar-refractivity contribution in [3.63, 3.8) is 0 Å². The van der Waals surface area contributed by atoms with E-state index >= 15 is 0 Å². The van der Waals surface area contributed by atoms with E-state index in [1.165, 1.54) is 62.5 Å². The molecule has 6 rings (SSSR count). The summed E-state index contributed by atoms with van der Waals surface area (Å²) in [5.41, 5.74) is 11.5. The first-order chi connectivity index (χ1) is 13.2. The SMILES string of the molecule is CCCC1CCC(C)c2cc3c(c(-c4ccc(C)cc4)c21)C1CCC3CC1. The standard InChI is InChI=1S/C27H34/c1-4-5-20-11-8-18(3)23-16-24-19-12-14-21(15-13-19)26(24)27(25(20)23)22-9-6-17(2)7-10-22/h6-7,9-10,16,18-21H,4-5,8,11-15H2,1-3H3. The third-order valence-electron chi connectivity index (χ3n) is 7.91. The van der Waals surface area contributed by atoms with E-state index in [1.54, 1.807) is 27.8 Å². The molecule has 2 bridgehead atoms. The Balaban J connectivity index is 1.81. The van der Waals surface area contributed by atoms with Crippen molar-refractivity contribution in [1.29, 1.82) is 0 Å². The van der Waals surface area contributed by atoms with Crippen LogP contribution in [0.3, 0.4) is 0 Å². The third kappa shape index (κ3) is 2.79. The highest BCUT2D eigenvalue weighted by atomic mass is 14.4. The van der Waals surface area contributed by atoms with Crippen molar-refractivity contribution in [2.75, 3.05) is 0 Å².